The summed E-state index contributed by atoms with van der Waals surface area (Å²) in [5.74, 6) is -0.831. The van der Waals surface area contributed by atoms with E-state index in [0.29, 0.717) is 11.5 Å². The number of rotatable bonds is 5. The van der Waals surface area contributed by atoms with Crippen LogP contribution < -0.4 is 18.6 Å². The first-order valence-corrected chi connectivity index (χ1v) is 11.1. The van der Waals surface area contributed by atoms with Gasteiger partial charge in [0.2, 0.25) is 0 Å². The summed E-state index contributed by atoms with van der Waals surface area (Å²) in [4.78, 5) is 22.3. The number of aromatic carboxylic acids is 2. The van der Waals surface area contributed by atoms with Gasteiger partial charge in [-0.3, -0.25) is 0 Å². The number of hydrogen-bond acceptors (Lipinski definition) is 6. The van der Waals surface area contributed by atoms with Gasteiger partial charge in [0.25, 0.3) is 0 Å². The molecule has 0 bridgehead atoms. The maximum atomic E-state index is 11.1. The Morgan fingerprint density at radius 2 is 0.943 bits per heavy atom. The molecule has 0 aliphatic heterocycles. The lowest BCUT2D eigenvalue weighted by Crippen LogP contribution is -2.68. The largest absolute Gasteiger partial charge is 0.478 e. The van der Waals surface area contributed by atoms with E-state index in [1.807, 2.05) is 42.5 Å². The lowest BCUT2D eigenvalue weighted by Gasteiger charge is -2.17. The van der Waals surface area contributed by atoms with Gasteiger partial charge in [0.15, 0.2) is 0 Å². The van der Waals surface area contributed by atoms with Gasteiger partial charge in [-0.15, -0.1) is 10.2 Å². The number of carboxylic acid groups (broad SMARTS) is 2. The van der Waals surface area contributed by atoms with Crippen LogP contribution in [-0.4, -0.2) is 22.2 Å². The number of carboxylic acids is 2. The number of benzene rings is 3. The minimum absolute atomic E-state index is 0.197. The molecule has 9 nitrogen and oxygen atoms in total. The highest BCUT2D eigenvalue weighted by Crippen LogP contribution is 2.33. The average molecular weight is 497 g/mol. The molecule has 0 saturated heterocycles. The van der Waals surface area contributed by atoms with E-state index in [0.717, 1.165) is 22.3 Å². The molecule has 0 aliphatic rings. The lowest BCUT2D eigenvalue weighted by atomic mass is 10.0. The molecule has 1 heterocycles. The van der Waals surface area contributed by atoms with Gasteiger partial charge in [-0.25, -0.2) is 32.6 Å². The SMILES string of the molecule is O=C(O)c1ccc(-c2cc(-c3ccccc3)cc(-c3ccc(C(=O)O)cc3)[o+]2)cc1.[O-][Cl+3]([O-])([O-])[O-]. The van der Waals surface area contributed by atoms with E-state index >= 15 is 0 Å². The highest BCUT2D eigenvalue weighted by Gasteiger charge is 2.21. The van der Waals surface area contributed by atoms with Gasteiger partial charge >= 0.3 is 23.5 Å². The van der Waals surface area contributed by atoms with Gasteiger partial charge in [-0.2, -0.15) is 0 Å². The topological polar surface area (TPSA) is 178 Å². The maximum absolute atomic E-state index is 11.1. The van der Waals surface area contributed by atoms with Crippen molar-refractivity contribution in [2.75, 3.05) is 0 Å². The smallest absolute Gasteiger partial charge is 0.361 e. The third-order valence-corrected chi connectivity index (χ3v) is 4.73. The number of carbonyl (C=O) groups is 2. The number of halogens is 1. The Hall–Kier alpha value is -4.12. The first kappa shape index (κ1) is 25.5. The summed E-state index contributed by atoms with van der Waals surface area (Å²) in [5, 5.41) is 18.3. The van der Waals surface area contributed by atoms with E-state index < -0.39 is 22.2 Å². The monoisotopic (exact) mass is 496 g/mol. The third kappa shape index (κ3) is 7.44. The molecule has 0 amide bonds. The summed E-state index contributed by atoms with van der Waals surface area (Å²) in [7, 11) is -4.94. The van der Waals surface area contributed by atoms with E-state index in [9.17, 15) is 9.59 Å². The van der Waals surface area contributed by atoms with Crippen molar-refractivity contribution >= 4 is 11.9 Å². The van der Waals surface area contributed by atoms with Crippen LogP contribution in [-0.2, 0) is 0 Å². The van der Waals surface area contributed by atoms with E-state index in [1.165, 1.54) is 24.3 Å². The molecule has 35 heavy (non-hydrogen) atoms. The molecule has 0 aliphatic carbocycles. The lowest BCUT2D eigenvalue weighted by molar-refractivity contribution is -2.00. The zero-order valence-electron chi connectivity index (χ0n) is 17.8. The van der Waals surface area contributed by atoms with Gasteiger partial charge < -0.3 is 10.2 Å². The van der Waals surface area contributed by atoms with E-state index in [-0.39, 0.29) is 11.1 Å². The van der Waals surface area contributed by atoms with Crippen LogP contribution in [0, 0.1) is 10.2 Å². The fourth-order valence-electron chi connectivity index (χ4n) is 3.14. The van der Waals surface area contributed by atoms with Crippen molar-refractivity contribution in [3.05, 3.63) is 102 Å². The molecule has 4 aromatic rings. The normalized spacial score (nSPS) is 10.7. The zero-order chi connectivity index (χ0) is 25.6. The molecule has 1 aromatic heterocycles. The highest BCUT2D eigenvalue weighted by molar-refractivity contribution is 5.89. The van der Waals surface area contributed by atoms with Crippen LogP contribution >= 0.6 is 0 Å². The van der Waals surface area contributed by atoms with Crippen LogP contribution in [0.25, 0.3) is 33.8 Å². The molecule has 0 saturated carbocycles. The van der Waals surface area contributed by atoms with Crippen molar-refractivity contribution < 1.29 is 53.1 Å². The molecule has 0 radical (unpaired) electrons. The van der Waals surface area contributed by atoms with Crippen molar-refractivity contribution in [3.63, 3.8) is 0 Å². The number of hydrogen-bond donors (Lipinski definition) is 2. The Kier molecular flexibility index (Phi) is 7.92. The maximum Gasteiger partial charge on any atom is 0.361 e. The van der Waals surface area contributed by atoms with Crippen LogP contribution in [0.15, 0.2) is 95.4 Å². The second-order valence-electron chi connectivity index (χ2n) is 7.08. The Morgan fingerprint density at radius 3 is 1.29 bits per heavy atom. The third-order valence-electron chi connectivity index (χ3n) is 4.73. The molecule has 0 atom stereocenters. The van der Waals surface area contributed by atoms with Crippen LogP contribution in [0.1, 0.15) is 20.7 Å². The summed E-state index contributed by atoms with van der Waals surface area (Å²) in [6.07, 6.45) is 0. The first-order valence-electron chi connectivity index (χ1n) is 9.84. The summed E-state index contributed by atoms with van der Waals surface area (Å²) >= 11 is 0. The predicted molar refractivity (Wildman–Crippen MR) is 113 cm³/mol. The minimum Gasteiger partial charge on any atom is -0.478 e. The second kappa shape index (κ2) is 10.9. The Balaban J connectivity index is 0.000000623. The van der Waals surface area contributed by atoms with Crippen LogP contribution in [0.5, 0.6) is 0 Å². The fourth-order valence-corrected chi connectivity index (χ4v) is 3.14. The van der Waals surface area contributed by atoms with Crippen LogP contribution in [0.4, 0.5) is 0 Å². The van der Waals surface area contributed by atoms with Crippen molar-refractivity contribution in [2.45, 2.75) is 0 Å². The molecule has 2 N–H and O–H groups in total. The fraction of sp³-hybridized carbons (Fsp3) is 0. The second-order valence-corrected chi connectivity index (χ2v) is 7.84. The Morgan fingerprint density at radius 1 is 0.571 bits per heavy atom. The minimum atomic E-state index is -4.94. The van der Waals surface area contributed by atoms with Crippen molar-refractivity contribution in [1.29, 1.82) is 0 Å². The summed E-state index contributed by atoms with van der Waals surface area (Å²) in [6, 6.07) is 26.6. The first-order chi connectivity index (χ1) is 16.5. The standard InChI is InChI=1S/C25H16O5.ClHO4/c26-24(27)19-10-6-17(7-11-19)22-14-21(16-4-2-1-3-5-16)15-23(30-22)18-8-12-20(13-9-18)25(28)29;2-1(3,4)5/h1-15H,(H-,26,27,28,29);(H,2,3,4,5). The highest BCUT2D eigenvalue weighted by atomic mass is 35.7. The molecule has 3 aromatic carbocycles. The Bertz CT molecular complexity index is 1230. The summed E-state index contributed by atoms with van der Waals surface area (Å²) < 4.78 is 40.1. The van der Waals surface area contributed by atoms with Gasteiger partial charge in [0.05, 0.1) is 34.4 Å². The van der Waals surface area contributed by atoms with E-state index in [1.54, 1.807) is 24.3 Å². The zero-order valence-corrected chi connectivity index (χ0v) is 18.5. The van der Waals surface area contributed by atoms with Crippen molar-refractivity contribution in [2.24, 2.45) is 0 Å². The summed E-state index contributed by atoms with van der Waals surface area (Å²) in [6.45, 7) is 0. The predicted octanol–water partition coefficient (Wildman–Crippen LogP) is 1.20. The molecule has 0 fully saturated rings. The van der Waals surface area contributed by atoms with Gasteiger partial charge in [-0.1, -0.05) is 30.3 Å². The molecular weight excluding hydrogens is 480 g/mol. The van der Waals surface area contributed by atoms with Gasteiger partial charge in [0.1, 0.15) is 0 Å². The van der Waals surface area contributed by atoms with Gasteiger partial charge in [0, 0.05) is 5.56 Å². The molecule has 0 spiro atoms. The van der Waals surface area contributed by atoms with E-state index in [4.69, 9.17) is 33.3 Å². The molecule has 178 valence electrons. The van der Waals surface area contributed by atoms with Crippen molar-refractivity contribution in [3.8, 4) is 33.8 Å². The molecular formula is C25H17ClO9. The Labute approximate surface area is 201 Å². The van der Waals surface area contributed by atoms with Crippen LogP contribution in [0.3, 0.4) is 0 Å². The quantitative estimate of drug-likeness (QED) is 0.384. The summed E-state index contributed by atoms with van der Waals surface area (Å²) in [5.41, 5.74) is 3.80. The van der Waals surface area contributed by atoms with Gasteiger partial charge in [-0.05, 0) is 54.1 Å². The van der Waals surface area contributed by atoms with E-state index in [2.05, 4.69) is 0 Å². The average Bonchev–Trinajstić information content (AvgIpc) is 2.83. The molecule has 10 heteroatoms. The molecule has 0 unspecified atom stereocenters. The van der Waals surface area contributed by atoms with Crippen LogP contribution in [0.2, 0.25) is 0 Å². The molecule has 4 rings (SSSR count). The van der Waals surface area contributed by atoms with Crippen molar-refractivity contribution in [1.82, 2.24) is 0 Å².